The average molecular weight is 406 g/mol. The fourth-order valence-corrected chi connectivity index (χ4v) is 6.30. The average Bonchev–Trinajstić information content (AvgIpc) is 3.06. The molecule has 0 aromatic carbocycles. The Kier molecular flexibility index (Phi) is 8.52. The van der Waals surface area contributed by atoms with Gasteiger partial charge < -0.3 is 9.26 Å². The molecule has 0 aromatic rings. The summed E-state index contributed by atoms with van der Waals surface area (Å²) < 4.78 is 35.0. The van der Waals surface area contributed by atoms with Crippen molar-refractivity contribution in [3.63, 3.8) is 0 Å². The Balaban J connectivity index is 2.38. The summed E-state index contributed by atoms with van der Waals surface area (Å²) in [6.45, 7) is 8.19. The van der Waals surface area contributed by atoms with E-state index in [4.69, 9.17) is 18.3 Å². The molecule has 8 heteroatoms. The van der Waals surface area contributed by atoms with Crippen LogP contribution in [0.4, 0.5) is 0 Å². The molecular formula is C18H31O6PS. The molecule has 1 fully saturated rings. The monoisotopic (exact) mass is 406 g/mol. The molecular weight excluding hydrogens is 375 g/mol. The molecule has 0 aromatic heterocycles. The van der Waals surface area contributed by atoms with Crippen LogP contribution >= 0.6 is 19.6 Å². The van der Waals surface area contributed by atoms with E-state index in [1.54, 1.807) is 25.6 Å². The fraction of sp³-hybridized carbons (Fsp3) is 0.833. The lowest BCUT2D eigenvalue weighted by atomic mass is 9.81. The Morgan fingerprint density at radius 1 is 1.15 bits per heavy atom. The molecule has 0 aliphatic heterocycles. The van der Waals surface area contributed by atoms with Crippen LogP contribution in [0, 0.1) is 11.8 Å². The fourth-order valence-electron chi connectivity index (χ4n) is 3.78. The molecule has 26 heavy (non-hydrogen) atoms. The van der Waals surface area contributed by atoms with Crippen molar-refractivity contribution < 1.29 is 27.7 Å². The Bertz CT molecular complexity index is 554. The minimum absolute atomic E-state index is 0.201. The molecule has 0 saturated heterocycles. The molecule has 0 amide bonds. The Morgan fingerprint density at radius 3 is 2.42 bits per heavy atom. The zero-order valence-corrected chi connectivity index (χ0v) is 17.9. The van der Waals surface area contributed by atoms with E-state index in [1.165, 1.54) is 5.57 Å². The number of esters is 1. The number of fused-ring (bicyclic) bond motifs is 1. The highest BCUT2D eigenvalue weighted by Crippen LogP contribution is 2.57. The number of rotatable bonds is 10. The third kappa shape index (κ3) is 5.06. The van der Waals surface area contributed by atoms with Crippen molar-refractivity contribution in [3.8, 4) is 0 Å². The number of carbonyl (C=O) groups excluding carboxylic acids is 1. The van der Waals surface area contributed by atoms with E-state index in [0.29, 0.717) is 12.4 Å². The van der Waals surface area contributed by atoms with Gasteiger partial charge in [0.05, 0.1) is 31.0 Å². The lowest BCUT2D eigenvalue weighted by Gasteiger charge is -2.36. The molecule has 0 bridgehead atoms. The zero-order chi connectivity index (χ0) is 19.2. The number of allylic oxidation sites excluding steroid dienone is 1. The number of thioether (sulfide) groups is 1. The first kappa shape index (κ1) is 21.8. The Labute approximate surface area is 161 Å². The van der Waals surface area contributed by atoms with Crippen molar-refractivity contribution in [1.82, 2.24) is 0 Å². The third-order valence-corrected chi connectivity index (χ3v) is 7.49. The van der Waals surface area contributed by atoms with Crippen LogP contribution in [0.3, 0.4) is 0 Å². The molecule has 0 N–H and O–H groups in total. The van der Waals surface area contributed by atoms with Crippen LogP contribution < -0.4 is 0 Å². The van der Waals surface area contributed by atoms with Crippen molar-refractivity contribution >= 4 is 25.6 Å². The maximum atomic E-state index is 13.0. The summed E-state index contributed by atoms with van der Waals surface area (Å²) in [5, 5.41) is -0.211. The number of hydrogen-bond acceptors (Lipinski definition) is 7. The van der Waals surface area contributed by atoms with Gasteiger partial charge in [0.25, 0.3) is 0 Å². The van der Waals surface area contributed by atoms with E-state index in [-0.39, 0.29) is 36.3 Å². The lowest BCUT2D eigenvalue weighted by Crippen LogP contribution is -2.36. The van der Waals surface area contributed by atoms with Gasteiger partial charge in [0.1, 0.15) is 5.76 Å². The van der Waals surface area contributed by atoms with Gasteiger partial charge in [0.15, 0.2) is 0 Å². The summed E-state index contributed by atoms with van der Waals surface area (Å²) in [4.78, 5) is 12.6. The van der Waals surface area contributed by atoms with Gasteiger partial charge in [-0.2, -0.15) is 0 Å². The second-order valence-electron chi connectivity index (χ2n) is 6.32. The third-order valence-electron chi connectivity index (χ3n) is 4.69. The van der Waals surface area contributed by atoms with Crippen LogP contribution in [0.1, 0.15) is 53.4 Å². The molecule has 0 unspecified atom stereocenters. The standard InChI is InChI=1S/C18H31O6PS/c1-5-21-18(19)15-12-13-10-9-11-14(13)16(17(15)26-8-4)24-25(20,22-6-2)23-7-3/h13,15,17H,5-12H2,1-4H3/t13-,15+,17+/m1/s1. The topological polar surface area (TPSA) is 71.1 Å². The van der Waals surface area contributed by atoms with E-state index < -0.39 is 7.82 Å². The minimum atomic E-state index is -3.69. The Morgan fingerprint density at radius 2 is 1.85 bits per heavy atom. The largest absolute Gasteiger partial charge is 0.529 e. The maximum Gasteiger partial charge on any atom is 0.529 e. The highest BCUT2D eigenvalue weighted by Gasteiger charge is 2.46. The quantitative estimate of drug-likeness (QED) is 0.376. The molecule has 1 saturated carbocycles. The van der Waals surface area contributed by atoms with Gasteiger partial charge in [-0.1, -0.05) is 6.92 Å². The van der Waals surface area contributed by atoms with Crippen LogP contribution in [0.15, 0.2) is 11.3 Å². The predicted octanol–water partition coefficient (Wildman–Crippen LogP) is 4.94. The van der Waals surface area contributed by atoms with E-state index >= 15 is 0 Å². The second-order valence-corrected chi connectivity index (χ2v) is 9.33. The minimum Gasteiger partial charge on any atom is -0.466 e. The number of ether oxygens (including phenoxy) is 1. The molecule has 3 atom stereocenters. The first-order valence-corrected chi connectivity index (χ1v) is 12.1. The van der Waals surface area contributed by atoms with Gasteiger partial charge in [0, 0.05) is 0 Å². The molecule has 0 heterocycles. The van der Waals surface area contributed by atoms with E-state index in [0.717, 1.165) is 31.4 Å². The van der Waals surface area contributed by atoms with Crippen LogP contribution in [0.25, 0.3) is 0 Å². The predicted molar refractivity (Wildman–Crippen MR) is 103 cm³/mol. The summed E-state index contributed by atoms with van der Waals surface area (Å²) in [6, 6.07) is 0. The molecule has 150 valence electrons. The van der Waals surface area contributed by atoms with Crippen LogP contribution in [-0.4, -0.2) is 36.8 Å². The first-order chi connectivity index (χ1) is 12.5. The summed E-state index contributed by atoms with van der Waals surface area (Å²) in [5.74, 6) is 1.24. The van der Waals surface area contributed by atoms with E-state index in [1.807, 2.05) is 13.8 Å². The van der Waals surface area contributed by atoms with E-state index in [2.05, 4.69) is 0 Å². The van der Waals surface area contributed by atoms with Gasteiger partial charge in [-0.15, -0.1) is 11.8 Å². The van der Waals surface area contributed by atoms with Crippen LogP contribution in [-0.2, 0) is 27.7 Å². The number of hydrogen-bond donors (Lipinski definition) is 0. The van der Waals surface area contributed by atoms with Crippen LogP contribution in [0.5, 0.6) is 0 Å². The Hall–Kier alpha value is -0.490. The molecule has 2 aliphatic carbocycles. The van der Waals surface area contributed by atoms with Crippen molar-refractivity contribution in [3.05, 3.63) is 11.3 Å². The summed E-state index contributed by atoms with van der Waals surface area (Å²) in [5.41, 5.74) is 1.18. The number of carbonyl (C=O) groups is 1. The van der Waals surface area contributed by atoms with Gasteiger partial charge in [-0.3, -0.25) is 13.8 Å². The van der Waals surface area contributed by atoms with E-state index in [9.17, 15) is 9.36 Å². The molecule has 0 spiro atoms. The smallest absolute Gasteiger partial charge is 0.466 e. The zero-order valence-electron chi connectivity index (χ0n) is 16.2. The lowest BCUT2D eigenvalue weighted by molar-refractivity contribution is -0.148. The van der Waals surface area contributed by atoms with Crippen LogP contribution in [0.2, 0.25) is 0 Å². The van der Waals surface area contributed by atoms with Gasteiger partial charge in [-0.25, -0.2) is 4.57 Å². The molecule has 0 radical (unpaired) electrons. The molecule has 2 aliphatic rings. The van der Waals surface area contributed by atoms with Crippen molar-refractivity contribution in [1.29, 1.82) is 0 Å². The van der Waals surface area contributed by atoms with Crippen molar-refractivity contribution in [2.75, 3.05) is 25.6 Å². The van der Waals surface area contributed by atoms with Gasteiger partial charge in [-0.05, 0) is 63.7 Å². The summed E-state index contributed by atoms with van der Waals surface area (Å²) in [6.07, 6.45) is 3.76. The first-order valence-electron chi connectivity index (χ1n) is 9.59. The summed E-state index contributed by atoms with van der Waals surface area (Å²) >= 11 is 1.63. The number of phosphoric ester groups is 1. The van der Waals surface area contributed by atoms with Gasteiger partial charge >= 0.3 is 13.8 Å². The van der Waals surface area contributed by atoms with Crippen molar-refractivity contribution in [2.45, 2.75) is 58.6 Å². The van der Waals surface area contributed by atoms with Gasteiger partial charge in [0.2, 0.25) is 0 Å². The van der Waals surface area contributed by atoms with Crippen molar-refractivity contribution in [2.24, 2.45) is 11.8 Å². The second kappa shape index (κ2) is 10.2. The molecule has 6 nitrogen and oxygen atoms in total. The maximum absolute atomic E-state index is 13.0. The number of phosphoric acid groups is 1. The highest BCUT2D eigenvalue weighted by molar-refractivity contribution is 8.00. The molecule has 2 rings (SSSR count). The SMILES string of the molecule is CCOC(=O)[C@H]1C[C@H]2CCCC2=C(OP(=O)(OCC)OCC)[C@H]1SCC. The normalized spacial score (nSPS) is 25.9. The summed E-state index contributed by atoms with van der Waals surface area (Å²) in [7, 11) is -3.69. The highest BCUT2D eigenvalue weighted by atomic mass is 32.2.